The molecule has 3 rings (SSSR count). The summed E-state index contributed by atoms with van der Waals surface area (Å²) in [7, 11) is 0. The van der Waals surface area contributed by atoms with Gasteiger partial charge in [-0.2, -0.15) is 0 Å². The Kier molecular flexibility index (Phi) is 6.26. The first-order chi connectivity index (χ1) is 12.7. The van der Waals surface area contributed by atoms with Crippen LogP contribution in [0, 0.1) is 0 Å². The van der Waals surface area contributed by atoms with Gasteiger partial charge in [0.05, 0.1) is 24.5 Å². The number of benzene rings is 2. The van der Waals surface area contributed by atoms with Crippen LogP contribution in [0.25, 0.3) is 0 Å². The van der Waals surface area contributed by atoms with Gasteiger partial charge in [-0.1, -0.05) is 67.6 Å². The molecule has 1 atom stereocenters. The molecule has 0 aliphatic carbocycles. The monoisotopic (exact) mass is 350 g/mol. The van der Waals surface area contributed by atoms with Gasteiger partial charge in [-0.25, -0.2) is 0 Å². The fraction of sp³-hybridized carbons (Fsp3) is 0.458. The molecule has 2 aromatic carbocycles. The molecule has 1 aliphatic rings. The van der Waals surface area contributed by atoms with E-state index in [0.29, 0.717) is 18.2 Å². The van der Waals surface area contributed by atoms with Crippen molar-refractivity contribution >= 4 is 5.78 Å². The van der Waals surface area contributed by atoms with Crippen LogP contribution in [0.3, 0.4) is 0 Å². The summed E-state index contributed by atoms with van der Waals surface area (Å²) in [6.45, 7) is 6.81. The smallest absolute Gasteiger partial charge is 0.147 e. The molecule has 1 fully saturated rings. The second-order valence-electron chi connectivity index (χ2n) is 7.74. The lowest BCUT2D eigenvalue weighted by atomic mass is 9.66. The first-order valence-corrected chi connectivity index (χ1v) is 10.2. The van der Waals surface area contributed by atoms with Gasteiger partial charge >= 0.3 is 0 Å². The van der Waals surface area contributed by atoms with Crippen LogP contribution in [0.1, 0.15) is 57.1 Å². The number of ketones is 1. The van der Waals surface area contributed by atoms with Gasteiger partial charge in [0.1, 0.15) is 5.78 Å². The van der Waals surface area contributed by atoms with E-state index in [0.717, 1.165) is 17.5 Å². The summed E-state index contributed by atoms with van der Waals surface area (Å²) in [5.41, 5.74) is 1.74. The minimum absolute atomic E-state index is 0.332. The van der Waals surface area contributed by atoms with Gasteiger partial charge in [-0.15, -0.1) is 0 Å². The van der Waals surface area contributed by atoms with Crippen LogP contribution in [0.2, 0.25) is 0 Å². The van der Waals surface area contributed by atoms with E-state index in [4.69, 9.17) is 0 Å². The van der Waals surface area contributed by atoms with Crippen molar-refractivity contribution in [1.29, 1.82) is 0 Å². The molecule has 138 valence electrons. The van der Waals surface area contributed by atoms with Gasteiger partial charge in [0.25, 0.3) is 0 Å². The average molecular weight is 351 g/mol. The molecule has 1 heterocycles. The van der Waals surface area contributed by atoms with Gasteiger partial charge in [-0.3, -0.25) is 4.79 Å². The molecule has 0 radical (unpaired) electrons. The van der Waals surface area contributed by atoms with E-state index in [1.54, 1.807) is 4.90 Å². The molecular weight excluding hydrogens is 318 g/mol. The minimum Gasteiger partial charge on any atom is -0.333 e. The molecule has 2 heteroatoms. The summed E-state index contributed by atoms with van der Waals surface area (Å²) in [4.78, 5) is 15.1. The van der Waals surface area contributed by atoms with E-state index < -0.39 is 5.41 Å². The Morgan fingerprint density at radius 3 is 1.88 bits per heavy atom. The van der Waals surface area contributed by atoms with Gasteiger partial charge < -0.3 is 4.90 Å². The number of hydrogen-bond acceptors (Lipinski definition) is 1. The zero-order valence-corrected chi connectivity index (χ0v) is 16.2. The maximum atomic E-state index is 13.4. The molecule has 0 bridgehead atoms. The zero-order chi connectivity index (χ0) is 18.4. The number of Topliss-reactive ketones (excluding diaryl/α,β-unsaturated/α-hetero) is 1. The summed E-state index contributed by atoms with van der Waals surface area (Å²) in [5, 5.41) is 0. The maximum absolute atomic E-state index is 13.4. The van der Waals surface area contributed by atoms with Gasteiger partial charge in [0, 0.05) is 12.8 Å². The molecule has 0 amide bonds. The molecular formula is C24H32NO+. The summed E-state index contributed by atoms with van der Waals surface area (Å²) >= 11 is 0. The maximum Gasteiger partial charge on any atom is 0.147 e. The molecule has 0 aromatic heterocycles. The molecule has 0 saturated carbocycles. The number of nitrogens with one attached hydrogen (secondary N) is 1. The topological polar surface area (TPSA) is 21.5 Å². The fourth-order valence-corrected chi connectivity index (χ4v) is 4.69. The molecule has 1 unspecified atom stereocenters. The van der Waals surface area contributed by atoms with Crippen LogP contribution in [0.4, 0.5) is 0 Å². The standard InChI is InChI=1S/C24H31NO/c1-3-23(26)24(21-13-7-4-8-14-21,22-15-9-5-10-16-22)19-20(2)25-17-11-6-12-18-25/h4-5,7-10,13-16,20H,3,6,11-12,17-19H2,1-2H3/p+1. The second kappa shape index (κ2) is 8.64. The number of likely N-dealkylation sites (tertiary alicyclic amines) is 1. The molecule has 2 nitrogen and oxygen atoms in total. The molecule has 1 N–H and O–H groups in total. The van der Waals surface area contributed by atoms with Crippen molar-refractivity contribution in [2.24, 2.45) is 0 Å². The van der Waals surface area contributed by atoms with Crippen molar-refractivity contribution in [3.8, 4) is 0 Å². The van der Waals surface area contributed by atoms with Gasteiger partial charge in [0.2, 0.25) is 0 Å². The molecule has 2 aromatic rings. The van der Waals surface area contributed by atoms with Crippen LogP contribution in [0.15, 0.2) is 60.7 Å². The Balaban J connectivity index is 2.06. The van der Waals surface area contributed by atoms with Crippen molar-refractivity contribution < 1.29 is 9.69 Å². The number of hydrogen-bond donors (Lipinski definition) is 1. The molecule has 1 aliphatic heterocycles. The minimum atomic E-state index is -0.541. The van der Waals surface area contributed by atoms with Crippen LogP contribution in [0.5, 0.6) is 0 Å². The van der Waals surface area contributed by atoms with Crippen molar-refractivity contribution in [3.63, 3.8) is 0 Å². The summed E-state index contributed by atoms with van der Waals surface area (Å²) < 4.78 is 0. The average Bonchev–Trinajstić information content (AvgIpc) is 2.73. The molecule has 1 saturated heterocycles. The summed E-state index contributed by atoms with van der Waals surface area (Å²) in [6, 6.07) is 21.3. The predicted octanol–water partition coefficient (Wildman–Crippen LogP) is 3.80. The van der Waals surface area contributed by atoms with Crippen molar-refractivity contribution in [2.45, 2.75) is 57.4 Å². The van der Waals surface area contributed by atoms with E-state index in [2.05, 4.69) is 55.5 Å². The SMILES string of the molecule is CCC(=O)C(CC(C)[NH+]1CCCCC1)(c1ccccc1)c1ccccc1. The normalized spacial score (nSPS) is 17.0. The lowest BCUT2D eigenvalue weighted by Crippen LogP contribution is -3.16. The third-order valence-electron chi connectivity index (χ3n) is 6.14. The number of carbonyl (C=O) groups excluding carboxylic acids is 1. The lowest BCUT2D eigenvalue weighted by Gasteiger charge is -2.38. The first-order valence-electron chi connectivity index (χ1n) is 10.2. The van der Waals surface area contributed by atoms with E-state index >= 15 is 0 Å². The zero-order valence-electron chi connectivity index (χ0n) is 16.2. The first kappa shape index (κ1) is 18.8. The largest absolute Gasteiger partial charge is 0.333 e. The van der Waals surface area contributed by atoms with Gasteiger partial charge in [0.15, 0.2) is 0 Å². The highest BCUT2D eigenvalue weighted by Crippen LogP contribution is 2.38. The number of piperidine rings is 1. The lowest BCUT2D eigenvalue weighted by molar-refractivity contribution is -0.928. The third kappa shape index (κ3) is 3.76. The molecule has 0 spiro atoms. The highest BCUT2D eigenvalue weighted by molar-refractivity contribution is 5.93. The Bertz CT molecular complexity index is 649. The van der Waals surface area contributed by atoms with E-state index in [-0.39, 0.29) is 0 Å². The highest BCUT2D eigenvalue weighted by atomic mass is 16.1. The Labute approximate surface area is 158 Å². The predicted molar refractivity (Wildman–Crippen MR) is 108 cm³/mol. The van der Waals surface area contributed by atoms with Crippen LogP contribution in [-0.4, -0.2) is 24.9 Å². The van der Waals surface area contributed by atoms with Crippen molar-refractivity contribution in [2.75, 3.05) is 13.1 Å². The van der Waals surface area contributed by atoms with E-state index in [1.165, 1.54) is 32.4 Å². The third-order valence-corrected chi connectivity index (χ3v) is 6.14. The van der Waals surface area contributed by atoms with Crippen molar-refractivity contribution in [3.05, 3.63) is 71.8 Å². The fourth-order valence-electron chi connectivity index (χ4n) is 4.69. The van der Waals surface area contributed by atoms with Crippen molar-refractivity contribution in [1.82, 2.24) is 0 Å². The second-order valence-corrected chi connectivity index (χ2v) is 7.74. The van der Waals surface area contributed by atoms with E-state index in [9.17, 15) is 4.79 Å². The summed E-state index contributed by atoms with van der Waals surface area (Å²) in [6.07, 6.45) is 5.41. The Morgan fingerprint density at radius 2 is 1.42 bits per heavy atom. The van der Waals surface area contributed by atoms with Crippen LogP contribution >= 0.6 is 0 Å². The van der Waals surface area contributed by atoms with E-state index in [1.807, 2.05) is 19.1 Å². The van der Waals surface area contributed by atoms with Crippen LogP contribution in [-0.2, 0) is 10.2 Å². The Hall–Kier alpha value is -1.93. The number of quaternary nitrogens is 1. The summed E-state index contributed by atoms with van der Waals surface area (Å²) in [5.74, 6) is 0.332. The quantitative estimate of drug-likeness (QED) is 0.806. The van der Waals surface area contributed by atoms with Gasteiger partial charge in [-0.05, 0) is 37.3 Å². The van der Waals surface area contributed by atoms with Crippen LogP contribution < -0.4 is 4.90 Å². The highest BCUT2D eigenvalue weighted by Gasteiger charge is 2.43. The number of carbonyl (C=O) groups is 1. The molecule has 26 heavy (non-hydrogen) atoms. The number of rotatable bonds is 7. The Morgan fingerprint density at radius 1 is 0.923 bits per heavy atom.